The zero-order valence-corrected chi connectivity index (χ0v) is 10.3. The first-order valence-corrected chi connectivity index (χ1v) is 5.53. The number of amides is 1. The molecule has 0 fully saturated rings. The van der Waals surface area contributed by atoms with Gasteiger partial charge in [-0.25, -0.2) is 9.37 Å². The molecule has 1 amide bonds. The van der Waals surface area contributed by atoms with E-state index in [1.165, 1.54) is 24.4 Å². The van der Waals surface area contributed by atoms with Crippen molar-refractivity contribution in [3.05, 3.63) is 46.9 Å². The Bertz CT molecular complexity index is 649. The van der Waals surface area contributed by atoms with Crippen molar-refractivity contribution in [3.8, 4) is 11.6 Å². The molecule has 0 unspecified atom stereocenters. The molecule has 0 atom stereocenters. The van der Waals surface area contributed by atoms with Gasteiger partial charge in [0.25, 0.3) is 5.91 Å². The van der Waals surface area contributed by atoms with E-state index in [4.69, 9.17) is 27.8 Å². The second-order valence-electron chi connectivity index (χ2n) is 3.65. The van der Waals surface area contributed by atoms with Crippen LogP contribution in [-0.2, 0) is 0 Å². The Morgan fingerprint density at radius 1 is 1.37 bits per heavy atom. The minimum absolute atomic E-state index is 0.0805. The zero-order valence-electron chi connectivity index (χ0n) is 9.56. The van der Waals surface area contributed by atoms with E-state index >= 15 is 0 Å². The van der Waals surface area contributed by atoms with Crippen molar-refractivity contribution >= 4 is 23.2 Å². The number of ether oxygens (including phenoxy) is 1. The number of nitrogens with two attached hydrogens (primary N) is 2. The lowest BCUT2D eigenvalue weighted by Gasteiger charge is -2.07. The summed E-state index contributed by atoms with van der Waals surface area (Å²) in [4.78, 5) is 15.0. The summed E-state index contributed by atoms with van der Waals surface area (Å²) in [6.45, 7) is 0. The van der Waals surface area contributed by atoms with E-state index in [1.54, 1.807) is 0 Å². The van der Waals surface area contributed by atoms with Gasteiger partial charge >= 0.3 is 0 Å². The lowest BCUT2D eigenvalue weighted by molar-refractivity contribution is 0.100. The van der Waals surface area contributed by atoms with Crippen molar-refractivity contribution in [2.75, 3.05) is 5.73 Å². The van der Waals surface area contributed by atoms with E-state index < -0.39 is 11.7 Å². The van der Waals surface area contributed by atoms with Crippen LogP contribution in [0.2, 0.25) is 5.02 Å². The molecule has 0 bridgehead atoms. The minimum Gasteiger partial charge on any atom is -0.439 e. The Balaban J connectivity index is 2.30. The number of carbonyl (C=O) groups excluding carboxylic acids is 1. The first-order chi connectivity index (χ1) is 8.97. The molecular weight excluding hydrogens is 273 g/mol. The molecule has 2 aromatic rings. The number of nitrogen functional groups attached to an aromatic ring is 1. The molecule has 4 N–H and O–H groups in total. The van der Waals surface area contributed by atoms with Gasteiger partial charge in [0.15, 0.2) is 0 Å². The minimum atomic E-state index is -0.693. The normalized spacial score (nSPS) is 10.2. The number of hydrogen-bond donors (Lipinski definition) is 2. The summed E-state index contributed by atoms with van der Waals surface area (Å²) < 4.78 is 18.3. The molecule has 0 radical (unpaired) electrons. The molecule has 98 valence electrons. The van der Waals surface area contributed by atoms with Crippen molar-refractivity contribution < 1.29 is 13.9 Å². The van der Waals surface area contributed by atoms with Gasteiger partial charge in [-0.2, -0.15) is 0 Å². The fourth-order valence-electron chi connectivity index (χ4n) is 1.38. The molecule has 0 aliphatic carbocycles. The average molecular weight is 282 g/mol. The summed E-state index contributed by atoms with van der Waals surface area (Å²) in [6.07, 6.45) is 1.25. The van der Waals surface area contributed by atoms with Gasteiger partial charge in [-0.1, -0.05) is 11.6 Å². The number of benzene rings is 1. The summed E-state index contributed by atoms with van der Waals surface area (Å²) in [5, 5.41) is -0.0805. The van der Waals surface area contributed by atoms with Crippen molar-refractivity contribution in [2.45, 2.75) is 0 Å². The molecule has 1 aromatic heterocycles. The largest absolute Gasteiger partial charge is 0.439 e. The van der Waals surface area contributed by atoms with Crippen LogP contribution in [0.4, 0.5) is 10.1 Å². The van der Waals surface area contributed by atoms with Crippen molar-refractivity contribution in [3.63, 3.8) is 0 Å². The lowest BCUT2D eigenvalue weighted by atomic mass is 10.2. The number of primary amides is 1. The Labute approximate surface area is 112 Å². The van der Waals surface area contributed by atoms with Gasteiger partial charge in [0.1, 0.15) is 11.6 Å². The molecule has 0 spiro atoms. The van der Waals surface area contributed by atoms with Gasteiger partial charge in [-0.15, -0.1) is 0 Å². The number of aromatic nitrogens is 1. The van der Waals surface area contributed by atoms with Gasteiger partial charge in [-0.05, 0) is 12.1 Å². The highest BCUT2D eigenvalue weighted by Gasteiger charge is 2.10. The number of pyridine rings is 1. The van der Waals surface area contributed by atoms with Crippen molar-refractivity contribution in [1.29, 1.82) is 0 Å². The SMILES string of the molecule is NC(=O)c1cc(Oc2ccc(F)c(Cl)c2)ncc1N. The van der Waals surface area contributed by atoms with E-state index in [9.17, 15) is 9.18 Å². The van der Waals surface area contributed by atoms with Crippen LogP contribution in [0.3, 0.4) is 0 Å². The van der Waals surface area contributed by atoms with E-state index in [1.807, 2.05) is 0 Å². The molecule has 0 saturated carbocycles. The predicted octanol–water partition coefficient (Wildman–Crippen LogP) is 2.35. The summed E-state index contributed by atoms with van der Waals surface area (Å²) in [7, 11) is 0. The van der Waals surface area contributed by atoms with Gasteiger partial charge in [-0.3, -0.25) is 4.79 Å². The number of carbonyl (C=O) groups is 1. The third-order valence-electron chi connectivity index (χ3n) is 2.29. The first kappa shape index (κ1) is 13.1. The van der Waals surface area contributed by atoms with Crippen LogP contribution >= 0.6 is 11.6 Å². The van der Waals surface area contributed by atoms with Crippen LogP contribution in [0.15, 0.2) is 30.5 Å². The standard InChI is InChI=1S/C12H9ClFN3O2/c13-8-3-6(1-2-9(8)14)19-11-4-7(12(16)18)10(15)5-17-11/h1-5H,15H2,(H2,16,18). The molecule has 2 rings (SSSR count). The van der Waals surface area contributed by atoms with Gasteiger partial charge < -0.3 is 16.2 Å². The second kappa shape index (κ2) is 5.11. The zero-order chi connectivity index (χ0) is 14.0. The molecular formula is C12H9ClFN3O2. The fourth-order valence-corrected chi connectivity index (χ4v) is 1.55. The Hall–Kier alpha value is -2.34. The lowest BCUT2D eigenvalue weighted by Crippen LogP contribution is -2.13. The van der Waals surface area contributed by atoms with E-state index in [-0.39, 0.29) is 27.9 Å². The molecule has 0 aliphatic heterocycles. The fraction of sp³-hybridized carbons (Fsp3) is 0. The Kier molecular flexibility index (Phi) is 3.52. The molecule has 19 heavy (non-hydrogen) atoms. The first-order valence-electron chi connectivity index (χ1n) is 5.15. The molecule has 1 aromatic carbocycles. The predicted molar refractivity (Wildman–Crippen MR) is 68.7 cm³/mol. The van der Waals surface area contributed by atoms with Gasteiger partial charge in [0, 0.05) is 12.1 Å². The average Bonchev–Trinajstić information content (AvgIpc) is 2.36. The summed E-state index contributed by atoms with van der Waals surface area (Å²) in [5.74, 6) is -0.872. The quantitative estimate of drug-likeness (QED) is 0.903. The Morgan fingerprint density at radius 2 is 2.11 bits per heavy atom. The third kappa shape index (κ3) is 2.92. The van der Waals surface area contributed by atoms with Crippen LogP contribution < -0.4 is 16.2 Å². The molecule has 1 heterocycles. The van der Waals surface area contributed by atoms with Crippen molar-refractivity contribution in [1.82, 2.24) is 4.98 Å². The highest BCUT2D eigenvalue weighted by atomic mass is 35.5. The molecule has 7 heteroatoms. The van der Waals surface area contributed by atoms with Crippen LogP contribution in [-0.4, -0.2) is 10.9 Å². The highest BCUT2D eigenvalue weighted by Crippen LogP contribution is 2.26. The smallest absolute Gasteiger partial charge is 0.251 e. The van der Waals surface area contributed by atoms with Crippen LogP contribution in [0, 0.1) is 5.82 Å². The number of halogens is 2. The Morgan fingerprint density at radius 3 is 2.74 bits per heavy atom. The van der Waals surface area contributed by atoms with E-state index in [2.05, 4.69) is 4.98 Å². The van der Waals surface area contributed by atoms with E-state index in [0.717, 1.165) is 6.07 Å². The number of nitrogens with zero attached hydrogens (tertiary/aromatic N) is 1. The summed E-state index contributed by atoms with van der Waals surface area (Å²) >= 11 is 5.62. The van der Waals surface area contributed by atoms with Crippen molar-refractivity contribution in [2.24, 2.45) is 5.73 Å². The van der Waals surface area contributed by atoms with Crippen LogP contribution in [0.5, 0.6) is 11.6 Å². The second-order valence-corrected chi connectivity index (χ2v) is 4.06. The third-order valence-corrected chi connectivity index (χ3v) is 2.58. The van der Waals surface area contributed by atoms with Crippen LogP contribution in [0.1, 0.15) is 10.4 Å². The number of hydrogen-bond acceptors (Lipinski definition) is 4. The monoisotopic (exact) mass is 281 g/mol. The molecule has 0 saturated heterocycles. The van der Waals surface area contributed by atoms with E-state index in [0.29, 0.717) is 0 Å². The maximum Gasteiger partial charge on any atom is 0.251 e. The highest BCUT2D eigenvalue weighted by molar-refractivity contribution is 6.30. The topological polar surface area (TPSA) is 91.2 Å². The molecule has 5 nitrogen and oxygen atoms in total. The summed E-state index contributed by atoms with van der Waals surface area (Å²) in [6, 6.07) is 5.13. The maximum atomic E-state index is 13.0. The van der Waals surface area contributed by atoms with Crippen LogP contribution in [0.25, 0.3) is 0 Å². The van der Waals surface area contributed by atoms with Gasteiger partial charge in [0.2, 0.25) is 5.88 Å². The van der Waals surface area contributed by atoms with Gasteiger partial charge in [0.05, 0.1) is 22.5 Å². The number of anilines is 1. The maximum absolute atomic E-state index is 13.0. The number of rotatable bonds is 3. The summed E-state index contributed by atoms with van der Waals surface area (Å²) in [5.41, 5.74) is 10.9. The molecule has 0 aliphatic rings.